The normalized spacial score (nSPS) is 9.92. The summed E-state index contributed by atoms with van der Waals surface area (Å²) in [6.45, 7) is 5.62. The molecule has 4 heteroatoms. The third kappa shape index (κ3) is 2.30. The Morgan fingerprint density at radius 2 is 2.25 bits per heavy atom. The Hall–Kier alpha value is -0.900. The second-order valence-electron chi connectivity index (χ2n) is 2.52. The van der Waals surface area contributed by atoms with Gasteiger partial charge < -0.3 is 4.74 Å². The summed E-state index contributed by atoms with van der Waals surface area (Å²) in [4.78, 5) is 15.7. The lowest BCUT2D eigenvalue weighted by Crippen LogP contribution is -1.98. The first-order chi connectivity index (χ1) is 5.59. The van der Waals surface area contributed by atoms with Gasteiger partial charge in [0.25, 0.3) is 0 Å². The smallest absolute Gasteiger partial charge is 0.302 e. The van der Waals surface area contributed by atoms with Gasteiger partial charge in [0.2, 0.25) is 0 Å². The zero-order valence-electron chi connectivity index (χ0n) is 7.38. The van der Waals surface area contributed by atoms with E-state index >= 15 is 0 Å². The number of nitrogens with zero attached hydrogens (tertiary/aromatic N) is 1. The predicted molar refractivity (Wildman–Crippen MR) is 47.1 cm³/mol. The van der Waals surface area contributed by atoms with Gasteiger partial charge in [0, 0.05) is 6.92 Å². The maximum Gasteiger partial charge on any atom is 0.302 e. The molecule has 1 heterocycles. The zero-order valence-corrected chi connectivity index (χ0v) is 8.20. The predicted octanol–water partition coefficient (Wildman–Crippen LogP) is 1.82. The Bertz CT molecular complexity index is 293. The molecule has 66 valence electrons. The van der Waals surface area contributed by atoms with Crippen LogP contribution >= 0.6 is 11.3 Å². The van der Waals surface area contributed by atoms with E-state index in [0.717, 1.165) is 15.6 Å². The van der Waals surface area contributed by atoms with Crippen molar-refractivity contribution in [1.82, 2.24) is 4.98 Å². The quantitative estimate of drug-likeness (QED) is 0.660. The van der Waals surface area contributed by atoms with E-state index in [1.165, 1.54) is 6.92 Å². The van der Waals surface area contributed by atoms with Gasteiger partial charge in [-0.1, -0.05) is 0 Å². The minimum absolute atomic E-state index is 0.250. The number of esters is 1. The van der Waals surface area contributed by atoms with Gasteiger partial charge >= 0.3 is 5.97 Å². The second-order valence-corrected chi connectivity index (χ2v) is 3.81. The largest absolute Gasteiger partial charge is 0.460 e. The Kier molecular flexibility index (Phi) is 2.81. The highest BCUT2D eigenvalue weighted by Crippen LogP contribution is 2.17. The van der Waals surface area contributed by atoms with Crippen LogP contribution in [-0.4, -0.2) is 11.0 Å². The number of carbonyl (C=O) groups excluding carboxylic acids is 1. The van der Waals surface area contributed by atoms with E-state index in [1.54, 1.807) is 11.3 Å². The highest BCUT2D eigenvalue weighted by atomic mass is 32.1. The lowest BCUT2D eigenvalue weighted by molar-refractivity contribution is -0.142. The number of rotatable bonds is 2. The maximum atomic E-state index is 10.5. The minimum atomic E-state index is -0.250. The monoisotopic (exact) mass is 185 g/mol. The molecule has 0 bridgehead atoms. The van der Waals surface area contributed by atoms with Crippen molar-refractivity contribution in [3.05, 3.63) is 15.6 Å². The van der Waals surface area contributed by atoms with Crippen molar-refractivity contribution >= 4 is 17.3 Å². The Labute approximate surface area is 75.4 Å². The summed E-state index contributed by atoms with van der Waals surface area (Å²) in [6, 6.07) is 0. The third-order valence-electron chi connectivity index (χ3n) is 1.41. The van der Waals surface area contributed by atoms with Crippen LogP contribution in [0, 0.1) is 13.8 Å². The summed E-state index contributed by atoms with van der Waals surface area (Å²) in [6.07, 6.45) is 0. The van der Waals surface area contributed by atoms with Crippen molar-refractivity contribution in [2.45, 2.75) is 27.4 Å². The van der Waals surface area contributed by atoms with Gasteiger partial charge in [-0.15, -0.1) is 11.3 Å². The molecule has 0 amide bonds. The number of hydrogen-bond acceptors (Lipinski definition) is 4. The minimum Gasteiger partial charge on any atom is -0.460 e. The van der Waals surface area contributed by atoms with Crippen LogP contribution in [0.1, 0.15) is 22.5 Å². The molecule has 0 aliphatic heterocycles. The fourth-order valence-corrected chi connectivity index (χ4v) is 1.72. The van der Waals surface area contributed by atoms with E-state index in [9.17, 15) is 4.79 Å². The van der Waals surface area contributed by atoms with Crippen LogP contribution in [-0.2, 0) is 16.1 Å². The summed E-state index contributed by atoms with van der Waals surface area (Å²) < 4.78 is 4.85. The summed E-state index contributed by atoms with van der Waals surface area (Å²) in [5.41, 5.74) is 0.957. The van der Waals surface area contributed by atoms with Crippen molar-refractivity contribution in [3.8, 4) is 0 Å². The molecule has 3 nitrogen and oxygen atoms in total. The Morgan fingerprint density at radius 3 is 2.67 bits per heavy atom. The summed E-state index contributed by atoms with van der Waals surface area (Å²) in [5.74, 6) is -0.250. The van der Waals surface area contributed by atoms with Gasteiger partial charge in [-0.2, -0.15) is 0 Å². The number of thiazole rings is 1. The first-order valence-electron chi connectivity index (χ1n) is 3.66. The maximum absolute atomic E-state index is 10.5. The number of ether oxygens (including phenoxy) is 1. The molecular weight excluding hydrogens is 174 g/mol. The van der Waals surface area contributed by atoms with Crippen molar-refractivity contribution in [2.75, 3.05) is 0 Å². The molecule has 0 saturated carbocycles. The molecule has 0 aliphatic carbocycles. The number of aromatic nitrogens is 1. The van der Waals surface area contributed by atoms with Gasteiger partial charge in [0.05, 0.1) is 15.6 Å². The molecule has 0 fully saturated rings. The van der Waals surface area contributed by atoms with Crippen molar-refractivity contribution in [2.24, 2.45) is 0 Å². The molecule has 1 aromatic heterocycles. The fourth-order valence-electron chi connectivity index (χ4n) is 0.875. The van der Waals surface area contributed by atoms with Gasteiger partial charge in [0.1, 0.15) is 6.61 Å². The van der Waals surface area contributed by atoms with E-state index in [-0.39, 0.29) is 5.97 Å². The van der Waals surface area contributed by atoms with Gasteiger partial charge in [0.15, 0.2) is 0 Å². The van der Waals surface area contributed by atoms with Gasteiger partial charge in [-0.25, -0.2) is 4.98 Å². The molecule has 0 N–H and O–H groups in total. The fraction of sp³-hybridized carbons (Fsp3) is 0.500. The standard InChI is InChI=1S/C8H11NO2S/c1-5-8(4-11-7(3)10)12-6(2)9-5/h4H2,1-3H3. The number of aryl methyl sites for hydroxylation is 2. The van der Waals surface area contributed by atoms with Crippen LogP contribution in [0.25, 0.3) is 0 Å². The van der Waals surface area contributed by atoms with Crippen LogP contribution in [0.4, 0.5) is 0 Å². The highest BCUT2D eigenvalue weighted by Gasteiger charge is 2.05. The van der Waals surface area contributed by atoms with Crippen LogP contribution in [0.2, 0.25) is 0 Å². The van der Waals surface area contributed by atoms with Crippen LogP contribution < -0.4 is 0 Å². The summed E-state index contributed by atoms with van der Waals surface area (Å²) in [5, 5.41) is 1.01. The molecule has 0 aromatic carbocycles. The van der Waals surface area contributed by atoms with E-state index in [4.69, 9.17) is 4.74 Å². The Morgan fingerprint density at radius 1 is 1.58 bits per heavy atom. The first-order valence-corrected chi connectivity index (χ1v) is 4.47. The third-order valence-corrected chi connectivity index (χ3v) is 2.45. The summed E-state index contributed by atoms with van der Waals surface area (Å²) >= 11 is 1.57. The van der Waals surface area contributed by atoms with E-state index in [2.05, 4.69) is 4.98 Å². The average Bonchev–Trinajstić information content (AvgIpc) is 2.26. The molecule has 0 unspecified atom stereocenters. The topological polar surface area (TPSA) is 39.2 Å². The van der Waals surface area contributed by atoms with Gasteiger partial charge in [-0.3, -0.25) is 4.79 Å². The van der Waals surface area contributed by atoms with Crippen LogP contribution in [0.15, 0.2) is 0 Å². The first kappa shape index (κ1) is 9.19. The molecule has 0 atom stereocenters. The average molecular weight is 185 g/mol. The summed E-state index contributed by atoms with van der Waals surface area (Å²) in [7, 11) is 0. The van der Waals surface area contributed by atoms with Crippen LogP contribution in [0.5, 0.6) is 0 Å². The molecular formula is C8H11NO2S. The number of carbonyl (C=O) groups is 1. The SMILES string of the molecule is CC(=O)OCc1sc(C)nc1C. The van der Waals surface area contributed by atoms with E-state index < -0.39 is 0 Å². The van der Waals surface area contributed by atoms with E-state index in [0.29, 0.717) is 6.61 Å². The molecule has 0 saturated heterocycles. The molecule has 0 aliphatic rings. The van der Waals surface area contributed by atoms with Gasteiger partial charge in [-0.05, 0) is 13.8 Å². The highest BCUT2D eigenvalue weighted by molar-refractivity contribution is 7.11. The van der Waals surface area contributed by atoms with E-state index in [1.807, 2.05) is 13.8 Å². The molecule has 12 heavy (non-hydrogen) atoms. The molecule has 0 radical (unpaired) electrons. The molecule has 1 aromatic rings. The lowest BCUT2D eigenvalue weighted by Gasteiger charge is -1.98. The zero-order chi connectivity index (χ0) is 9.14. The molecule has 0 spiro atoms. The molecule has 1 rings (SSSR count). The van der Waals surface area contributed by atoms with Crippen LogP contribution in [0.3, 0.4) is 0 Å². The van der Waals surface area contributed by atoms with Crippen molar-refractivity contribution < 1.29 is 9.53 Å². The lowest BCUT2D eigenvalue weighted by atomic mass is 10.4. The Balaban J connectivity index is 2.62. The number of hydrogen-bond donors (Lipinski definition) is 0. The van der Waals surface area contributed by atoms with Crippen molar-refractivity contribution in [3.63, 3.8) is 0 Å². The second kappa shape index (κ2) is 3.67. The van der Waals surface area contributed by atoms with Crippen molar-refractivity contribution in [1.29, 1.82) is 0 Å².